The van der Waals surface area contributed by atoms with Crippen molar-refractivity contribution >= 4 is 22.2 Å². The summed E-state index contributed by atoms with van der Waals surface area (Å²) in [6.07, 6.45) is 6.53. The highest BCUT2D eigenvalue weighted by Gasteiger charge is 2.27. The molecule has 1 aliphatic carbocycles. The van der Waals surface area contributed by atoms with E-state index in [4.69, 9.17) is 0 Å². The van der Waals surface area contributed by atoms with Gasteiger partial charge < -0.3 is 10.0 Å². The van der Waals surface area contributed by atoms with Crippen molar-refractivity contribution in [3.8, 4) is 0 Å². The standard InChI is InChI=1S/C16H21N3O3S/c1-10-8-19-15(22)12(7-17-16(19)23-10)14(21)18(2)9-11-5-3-4-6-13(11)20/h7-8,11,13,20H,3-6,9H2,1-2H3. The van der Waals surface area contributed by atoms with Gasteiger partial charge in [-0.1, -0.05) is 12.8 Å². The lowest BCUT2D eigenvalue weighted by Crippen LogP contribution is -2.40. The lowest BCUT2D eigenvalue weighted by Gasteiger charge is -2.31. The summed E-state index contributed by atoms with van der Waals surface area (Å²) in [7, 11) is 1.68. The van der Waals surface area contributed by atoms with Gasteiger partial charge in [0.1, 0.15) is 5.56 Å². The fourth-order valence-corrected chi connectivity index (χ4v) is 3.97. The predicted molar refractivity (Wildman–Crippen MR) is 89.0 cm³/mol. The number of amides is 1. The van der Waals surface area contributed by atoms with Gasteiger partial charge in [0.25, 0.3) is 11.5 Å². The first-order chi connectivity index (χ1) is 11.0. The smallest absolute Gasteiger partial charge is 0.271 e. The first kappa shape index (κ1) is 16.1. The van der Waals surface area contributed by atoms with Crippen LogP contribution in [0.25, 0.3) is 4.96 Å². The Bertz CT molecular complexity index is 782. The van der Waals surface area contributed by atoms with E-state index in [2.05, 4.69) is 4.98 Å². The van der Waals surface area contributed by atoms with Gasteiger partial charge >= 0.3 is 0 Å². The van der Waals surface area contributed by atoms with Crippen LogP contribution < -0.4 is 5.56 Å². The Morgan fingerprint density at radius 1 is 1.48 bits per heavy atom. The van der Waals surface area contributed by atoms with Gasteiger partial charge in [-0.3, -0.25) is 14.0 Å². The van der Waals surface area contributed by atoms with Crippen LogP contribution in [0.2, 0.25) is 0 Å². The molecule has 2 unspecified atom stereocenters. The molecule has 0 spiro atoms. The molecule has 1 saturated carbocycles. The second-order valence-corrected chi connectivity index (χ2v) is 7.48. The molecule has 2 atom stereocenters. The van der Waals surface area contributed by atoms with Gasteiger partial charge in [0.05, 0.1) is 6.10 Å². The van der Waals surface area contributed by atoms with Gasteiger partial charge in [0, 0.05) is 36.8 Å². The molecule has 0 saturated heterocycles. The number of carbonyl (C=O) groups is 1. The molecule has 1 N–H and O–H groups in total. The SMILES string of the molecule is Cc1cn2c(=O)c(C(=O)N(C)CC3CCCCC3O)cnc2s1. The quantitative estimate of drug-likeness (QED) is 0.926. The van der Waals surface area contributed by atoms with E-state index >= 15 is 0 Å². The number of hydrogen-bond donors (Lipinski definition) is 1. The van der Waals surface area contributed by atoms with E-state index in [1.165, 1.54) is 26.8 Å². The number of thiazole rings is 1. The summed E-state index contributed by atoms with van der Waals surface area (Å²) < 4.78 is 1.43. The summed E-state index contributed by atoms with van der Waals surface area (Å²) in [6.45, 7) is 2.36. The fourth-order valence-electron chi connectivity index (χ4n) is 3.18. The first-order valence-electron chi connectivity index (χ1n) is 7.88. The number of aromatic nitrogens is 2. The number of hydrogen-bond acceptors (Lipinski definition) is 5. The highest BCUT2D eigenvalue weighted by molar-refractivity contribution is 7.16. The summed E-state index contributed by atoms with van der Waals surface area (Å²) in [5, 5.41) is 10.1. The number of carbonyl (C=O) groups excluding carboxylic acids is 1. The Hall–Kier alpha value is -1.73. The van der Waals surface area contributed by atoms with E-state index in [0.717, 1.165) is 30.6 Å². The molecule has 0 radical (unpaired) electrons. The van der Waals surface area contributed by atoms with Gasteiger partial charge in [-0.15, -0.1) is 11.3 Å². The van der Waals surface area contributed by atoms with Crippen molar-refractivity contribution in [3.05, 3.63) is 33.2 Å². The van der Waals surface area contributed by atoms with E-state index in [0.29, 0.717) is 11.5 Å². The highest BCUT2D eigenvalue weighted by atomic mass is 32.1. The number of aliphatic hydroxyl groups is 1. The van der Waals surface area contributed by atoms with E-state index in [-0.39, 0.29) is 29.1 Å². The summed E-state index contributed by atoms with van der Waals surface area (Å²) >= 11 is 1.42. The normalized spacial score (nSPS) is 21.5. The largest absolute Gasteiger partial charge is 0.393 e. The van der Waals surface area contributed by atoms with Crippen molar-refractivity contribution in [3.63, 3.8) is 0 Å². The maximum atomic E-state index is 12.6. The minimum absolute atomic E-state index is 0.0769. The molecule has 0 aliphatic heterocycles. The van der Waals surface area contributed by atoms with Crippen LogP contribution in [0.3, 0.4) is 0 Å². The van der Waals surface area contributed by atoms with E-state index in [1.807, 2.05) is 6.92 Å². The van der Waals surface area contributed by atoms with Gasteiger partial charge in [0.2, 0.25) is 0 Å². The molecule has 2 heterocycles. The Balaban J connectivity index is 1.82. The average molecular weight is 335 g/mol. The first-order valence-corrected chi connectivity index (χ1v) is 8.70. The average Bonchev–Trinajstić information content (AvgIpc) is 2.91. The van der Waals surface area contributed by atoms with Crippen molar-refractivity contribution < 1.29 is 9.90 Å². The number of aryl methyl sites for hydroxylation is 1. The zero-order valence-corrected chi connectivity index (χ0v) is 14.2. The van der Waals surface area contributed by atoms with Crippen LogP contribution in [0.4, 0.5) is 0 Å². The lowest BCUT2D eigenvalue weighted by atomic mass is 9.86. The molecule has 2 aromatic rings. The van der Waals surface area contributed by atoms with Crippen LogP contribution in [0.1, 0.15) is 40.9 Å². The van der Waals surface area contributed by atoms with Crippen LogP contribution in [-0.4, -0.2) is 45.0 Å². The molecule has 0 aromatic carbocycles. The van der Waals surface area contributed by atoms with Gasteiger partial charge in [-0.25, -0.2) is 4.98 Å². The maximum absolute atomic E-state index is 12.6. The zero-order valence-electron chi connectivity index (χ0n) is 13.4. The molecule has 2 aromatic heterocycles. The second kappa shape index (κ2) is 6.41. The molecule has 0 bridgehead atoms. The van der Waals surface area contributed by atoms with Crippen LogP contribution in [0.5, 0.6) is 0 Å². The van der Waals surface area contributed by atoms with Crippen LogP contribution >= 0.6 is 11.3 Å². The van der Waals surface area contributed by atoms with Gasteiger partial charge in [0.15, 0.2) is 4.96 Å². The molecule has 1 aliphatic rings. The van der Waals surface area contributed by atoms with Crippen molar-refractivity contribution in [1.29, 1.82) is 0 Å². The van der Waals surface area contributed by atoms with E-state index in [9.17, 15) is 14.7 Å². The second-order valence-electron chi connectivity index (χ2n) is 6.27. The number of nitrogens with zero attached hydrogens (tertiary/aromatic N) is 3. The lowest BCUT2D eigenvalue weighted by molar-refractivity contribution is 0.0450. The molecule has 6 nitrogen and oxygen atoms in total. The van der Waals surface area contributed by atoms with E-state index in [1.54, 1.807) is 13.2 Å². The zero-order chi connectivity index (χ0) is 16.6. The molecule has 23 heavy (non-hydrogen) atoms. The van der Waals surface area contributed by atoms with E-state index < -0.39 is 0 Å². The number of rotatable bonds is 3. The molecule has 3 rings (SSSR count). The molecule has 7 heteroatoms. The van der Waals surface area contributed by atoms with Crippen LogP contribution in [0, 0.1) is 12.8 Å². The van der Waals surface area contributed by atoms with Crippen LogP contribution in [-0.2, 0) is 0 Å². The van der Waals surface area contributed by atoms with Crippen molar-refractivity contribution in [2.45, 2.75) is 38.7 Å². The minimum Gasteiger partial charge on any atom is -0.393 e. The monoisotopic (exact) mass is 335 g/mol. The summed E-state index contributed by atoms with van der Waals surface area (Å²) in [4.78, 5) is 32.4. The van der Waals surface area contributed by atoms with Gasteiger partial charge in [-0.2, -0.15) is 0 Å². The summed E-state index contributed by atoms with van der Waals surface area (Å²) in [5.74, 6) is -0.251. The fraction of sp³-hybridized carbons (Fsp3) is 0.562. The maximum Gasteiger partial charge on any atom is 0.271 e. The molecule has 124 valence electrons. The Kier molecular flexibility index (Phi) is 4.50. The Morgan fingerprint density at radius 2 is 2.22 bits per heavy atom. The predicted octanol–water partition coefficient (Wildman–Crippen LogP) is 1.69. The third-order valence-corrected chi connectivity index (χ3v) is 5.39. The van der Waals surface area contributed by atoms with Crippen molar-refractivity contribution in [1.82, 2.24) is 14.3 Å². The molecular weight excluding hydrogens is 314 g/mol. The molecule has 1 amide bonds. The van der Waals surface area contributed by atoms with Crippen molar-refractivity contribution in [2.24, 2.45) is 5.92 Å². The Morgan fingerprint density at radius 3 is 2.96 bits per heavy atom. The third kappa shape index (κ3) is 3.16. The number of fused-ring (bicyclic) bond motifs is 1. The molecule has 1 fully saturated rings. The minimum atomic E-state index is -0.361. The third-order valence-electron chi connectivity index (χ3n) is 4.48. The van der Waals surface area contributed by atoms with Crippen molar-refractivity contribution in [2.75, 3.05) is 13.6 Å². The number of aliphatic hydroxyl groups excluding tert-OH is 1. The van der Waals surface area contributed by atoms with Gasteiger partial charge in [-0.05, 0) is 19.8 Å². The topological polar surface area (TPSA) is 74.9 Å². The summed E-state index contributed by atoms with van der Waals surface area (Å²) in [5.41, 5.74) is -0.256. The summed E-state index contributed by atoms with van der Waals surface area (Å²) in [6, 6.07) is 0. The van der Waals surface area contributed by atoms with Crippen LogP contribution in [0.15, 0.2) is 17.2 Å². The highest BCUT2D eigenvalue weighted by Crippen LogP contribution is 2.25. The Labute approximate surface area is 138 Å². The molecular formula is C16H21N3O3S.